The molecule has 3 aromatic rings. The van der Waals surface area contributed by atoms with Gasteiger partial charge in [-0.15, -0.1) is 0 Å². The maximum atomic E-state index is 13.6. The molecule has 11 heteroatoms. The van der Waals surface area contributed by atoms with Crippen molar-refractivity contribution in [3.05, 3.63) is 94.3 Å². The number of hydrogen-bond acceptors (Lipinski definition) is 4. The minimum Gasteiger partial charge on any atom is -0.383 e. The molecule has 200 valence electrons. The van der Waals surface area contributed by atoms with Crippen LogP contribution in [0.2, 0.25) is 5.02 Å². The average molecular weight is 547 g/mol. The third kappa shape index (κ3) is 6.08. The highest BCUT2D eigenvalue weighted by atomic mass is 35.5. The summed E-state index contributed by atoms with van der Waals surface area (Å²) in [6.45, 7) is -0.134. The van der Waals surface area contributed by atoms with Crippen LogP contribution in [0.4, 0.5) is 13.2 Å². The Balaban J connectivity index is 1.60. The number of hydrazone groups is 1. The summed E-state index contributed by atoms with van der Waals surface area (Å²) in [5.41, 5.74) is 1.57. The Morgan fingerprint density at radius 2 is 1.79 bits per heavy atom. The maximum Gasteiger partial charge on any atom is 0.416 e. The Bertz CT molecular complexity index is 1320. The number of methoxy groups -OCH3 is 1. The number of ether oxygens (including phenoxy) is 1. The first-order valence-electron chi connectivity index (χ1n) is 11.8. The zero-order chi connectivity index (χ0) is 27.4. The highest BCUT2D eigenvalue weighted by Crippen LogP contribution is 2.34. The van der Waals surface area contributed by atoms with E-state index in [-0.39, 0.29) is 25.3 Å². The van der Waals surface area contributed by atoms with Crippen molar-refractivity contribution in [3.63, 3.8) is 0 Å². The van der Waals surface area contributed by atoms with E-state index in [1.807, 2.05) is 42.1 Å². The van der Waals surface area contributed by atoms with Crippen LogP contribution in [-0.4, -0.2) is 58.8 Å². The number of halogens is 4. The van der Waals surface area contributed by atoms with Crippen molar-refractivity contribution in [2.24, 2.45) is 12.1 Å². The second-order valence-electron chi connectivity index (χ2n) is 8.86. The predicted octanol–water partition coefficient (Wildman–Crippen LogP) is 5.16. The van der Waals surface area contributed by atoms with Crippen molar-refractivity contribution in [2.75, 3.05) is 26.8 Å². The van der Waals surface area contributed by atoms with Gasteiger partial charge in [-0.25, -0.2) is 5.01 Å². The number of carbonyl (C=O) groups is 2. The molecule has 0 fully saturated rings. The normalized spacial score (nSPS) is 15.5. The summed E-state index contributed by atoms with van der Waals surface area (Å²) in [7, 11) is 3.34. The lowest BCUT2D eigenvalue weighted by molar-refractivity contribution is -0.137. The molecule has 2 aromatic carbocycles. The van der Waals surface area contributed by atoms with Crippen LogP contribution in [0.5, 0.6) is 0 Å². The first kappa shape index (κ1) is 27.4. The molecule has 7 nitrogen and oxygen atoms in total. The van der Waals surface area contributed by atoms with Gasteiger partial charge >= 0.3 is 6.18 Å². The van der Waals surface area contributed by atoms with Crippen LogP contribution in [0.3, 0.4) is 0 Å². The number of hydrogen-bond donors (Lipinski definition) is 0. The molecule has 0 spiro atoms. The Hall–Kier alpha value is -3.63. The molecule has 0 radical (unpaired) electrons. The first-order valence-corrected chi connectivity index (χ1v) is 12.2. The van der Waals surface area contributed by atoms with Gasteiger partial charge in [-0.05, 0) is 54.1 Å². The van der Waals surface area contributed by atoms with E-state index in [0.717, 1.165) is 35.5 Å². The number of rotatable bonds is 8. The fourth-order valence-corrected chi connectivity index (χ4v) is 4.40. The van der Waals surface area contributed by atoms with Crippen molar-refractivity contribution in [1.29, 1.82) is 0 Å². The van der Waals surface area contributed by atoms with Gasteiger partial charge in [0, 0.05) is 43.9 Å². The van der Waals surface area contributed by atoms with E-state index in [9.17, 15) is 22.8 Å². The summed E-state index contributed by atoms with van der Waals surface area (Å²) < 4.78 is 45.9. The van der Waals surface area contributed by atoms with Gasteiger partial charge < -0.3 is 14.2 Å². The van der Waals surface area contributed by atoms with Gasteiger partial charge in [0.05, 0.1) is 29.6 Å². The third-order valence-electron chi connectivity index (χ3n) is 6.30. The zero-order valence-electron chi connectivity index (χ0n) is 20.8. The van der Waals surface area contributed by atoms with Gasteiger partial charge in [-0.3, -0.25) is 9.59 Å². The van der Waals surface area contributed by atoms with E-state index in [4.69, 9.17) is 16.3 Å². The second kappa shape index (κ2) is 11.4. The largest absolute Gasteiger partial charge is 0.416 e. The molecule has 0 bridgehead atoms. The van der Waals surface area contributed by atoms with Crippen LogP contribution in [0.15, 0.2) is 72.0 Å². The average Bonchev–Trinajstić information content (AvgIpc) is 3.52. The van der Waals surface area contributed by atoms with Crippen molar-refractivity contribution in [1.82, 2.24) is 14.5 Å². The molecule has 0 saturated heterocycles. The molecule has 4 rings (SSSR count). The number of aryl methyl sites for hydroxylation is 1. The van der Waals surface area contributed by atoms with Gasteiger partial charge in [-0.1, -0.05) is 23.7 Å². The second-order valence-corrected chi connectivity index (χ2v) is 9.29. The molecule has 0 aliphatic carbocycles. The van der Waals surface area contributed by atoms with Gasteiger partial charge in [0.2, 0.25) is 0 Å². The first-order chi connectivity index (χ1) is 18.1. The summed E-state index contributed by atoms with van der Waals surface area (Å²) >= 11 is 6.06. The van der Waals surface area contributed by atoms with Crippen LogP contribution >= 0.6 is 11.6 Å². The SMILES string of the molecule is COCCN(CC(=O)N1N=C(c2cccn2C)CC1c1ccc(Cl)cc1)C(=O)c1ccc(C(F)(F)F)cc1. The van der Waals surface area contributed by atoms with Crippen molar-refractivity contribution in [2.45, 2.75) is 18.6 Å². The van der Waals surface area contributed by atoms with Crippen molar-refractivity contribution in [3.8, 4) is 0 Å². The van der Waals surface area contributed by atoms with Crippen LogP contribution in [0.25, 0.3) is 0 Å². The predicted molar refractivity (Wildman–Crippen MR) is 137 cm³/mol. The monoisotopic (exact) mass is 546 g/mol. The number of benzene rings is 2. The third-order valence-corrected chi connectivity index (χ3v) is 6.55. The summed E-state index contributed by atoms with van der Waals surface area (Å²) in [4.78, 5) is 28.1. The number of aromatic nitrogens is 1. The van der Waals surface area contributed by atoms with Crippen LogP contribution < -0.4 is 0 Å². The maximum absolute atomic E-state index is 13.6. The minimum atomic E-state index is -4.52. The molecule has 2 amide bonds. The van der Waals surface area contributed by atoms with E-state index < -0.39 is 29.6 Å². The standard InChI is InChI=1S/C27H26ClF3N4O3/c1-33-13-3-4-23(33)22-16-24(18-7-11-21(28)12-8-18)35(32-22)25(36)17-34(14-15-38-2)26(37)19-5-9-20(10-6-19)27(29,30)31/h3-13,24H,14-17H2,1-2H3. The minimum absolute atomic E-state index is 0.0329. The van der Waals surface area contributed by atoms with Crippen molar-refractivity contribution >= 4 is 29.1 Å². The highest BCUT2D eigenvalue weighted by molar-refractivity contribution is 6.30. The molecule has 1 unspecified atom stereocenters. The Kier molecular flexibility index (Phi) is 8.23. The van der Waals surface area contributed by atoms with E-state index >= 15 is 0 Å². The topological polar surface area (TPSA) is 67.1 Å². The van der Waals surface area contributed by atoms with Crippen molar-refractivity contribution < 1.29 is 27.5 Å². The molecule has 1 atom stereocenters. The fourth-order valence-electron chi connectivity index (χ4n) is 4.27. The van der Waals surface area contributed by atoms with Crippen LogP contribution in [-0.2, 0) is 22.8 Å². The smallest absolute Gasteiger partial charge is 0.383 e. The molecule has 1 aliphatic rings. The van der Waals surface area contributed by atoms with E-state index in [1.165, 1.54) is 17.0 Å². The van der Waals surface area contributed by atoms with Gasteiger partial charge in [-0.2, -0.15) is 18.3 Å². The summed E-state index contributed by atoms with van der Waals surface area (Å²) in [5.74, 6) is -1.02. The van der Waals surface area contributed by atoms with Gasteiger partial charge in [0.15, 0.2) is 0 Å². The highest BCUT2D eigenvalue weighted by Gasteiger charge is 2.35. The number of alkyl halides is 3. The molecule has 2 heterocycles. The summed E-state index contributed by atoms with van der Waals surface area (Å²) in [6, 6.07) is 14.4. The number of nitrogens with zero attached hydrogens (tertiary/aromatic N) is 4. The number of amides is 2. The Morgan fingerprint density at radius 1 is 1.11 bits per heavy atom. The summed E-state index contributed by atoms with van der Waals surface area (Å²) in [6.07, 6.45) is -2.18. The molecule has 38 heavy (non-hydrogen) atoms. The van der Waals surface area contributed by atoms with E-state index in [0.29, 0.717) is 17.2 Å². The summed E-state index contributed by atoms with van der Waals surface area (Å²) in [5, 5.41) is 6.55. The molecule has 1 aliphatic heterocycles. The molecule has 1 aromatic heterocycles. The molecule has 0 saturated carbocycles. The van der Waals surface area contributed by atoms with Crippen LogP contribution in [0, 0.1) is 0 Å². The fraction of sp³-hybridized carbons (Fsp3) is 0.296. The lowest BCUT2D eigenvalue weighted by Gasteiger charge is -2.27. The molecular formula is C27H26ClF3N4O3. The van der Waals surface area contributed by atoms with E-state index in [2.05, 4.69) is 5.10 Å². The molecular weight excluding hydrogens is 521 g/mol. The molecule has 0 N–H and O–H groups in total. The quantitative estimate of drug-likeness (QED) is 0.392. The lowest BCUT2D eigenvalue weighted by Crippen LogP contribution is -2.42. The van der Waals surface area contributed by atoms with Gasteiger partial charge in [0.1, 0.15) is 6.54 Å². The zero-order valence-corrected chi connectivity index (χ0v) is 21.5. The van der Waals surface area contributed by atoms with Crippen LogP contribution in [0.1, 0.15) is 39.6 Å². The Morgan fingerprint density at radius 3 is 2.37 bits per heavy atom. The van der Waals surface area contributed by atoms with E-state index in [1.54, 1.807) is 12.1 Å². The lowest BCUT2D eigenvalue weighted by atomic mass is 10.0. The number of carbonyl (C=O) groups excluding carboxylic acids is 2. The van der Waals surface area contributed by atoms with Gasteiger partial charge in [0.25, 0.3) is 11.8 Å². The Labute approximate surface area is 223 Å².